The molecule has 162 valence electrons. The summed E-state index contributed by atoms with van der Waals surface area (Å²) in [6, 6.07) is 10.4. The van der Waals surface area contributed by atoms with E-state index in [4.69, 9.17) is 4.99 Å². The summed E-state index contributed by atoms with van der Waals surface area (Å²) in [6.07, 6.45) is 8.97. The van der Waals surface area contributed by atoms with E-state index >= 15 is 0 Å². The summed E-state index contributed by atoms with van der Waals surface area (Å²) in [4.78, 5) is 26.0. The number of aliphatic imine (C=N–C) groups is 2. The van der Waals surface area contributed by atoms with Crippen molar-refractivity contribution in [2.24, 2.45) is 9.98 Å². The quantitative estimate of drug-likeness (QED) is 0.655. The second-order valence-corrected chi connectivity index (χ2v) is 10.1. The smallest absolute Gasteiger partial charge is 0.263 e. The minimum atomic E-state index is 0.0771. The molecule has 31 heavy (non-hydrogen) atoms. The number of hydrogen-bond donors (Lipinski definition) is 1. The first-order valence-electron chi connectivity index (χ1n) is 10.9. The molecule has 3 heterocycles. The summed E-state index contributed by atoms with van der Waals surface area (Å²) >= 11 is 1.57. The molecule has 2 aliphatic rings. The first kappa shape index (κ1) is 21.5. The van der Waals surface area contributed by atoms with Gasteiger partial charge in [0.1, 0.15) is 0 Å². The Morgan fingerprint density at radius 3 is 2.74 bits per heavy atom. The molecule has 0 atom stereocenters. The van der Waals surface area contributed by atoms with Gasteiger partial charge >= 0.3 is 0 Å². The van der Waals surface area contributed by atoms with Gasteiger partial charge in [0.05, 0.1) is 11.4 Å². The van der Waals surface area contributed by atoms with Crippen LogP contribution in [0.15, 0.2) is 46.4 Å². The molecular weight excluding hydrogens is 404 g/mol. The van der Waals surface area contributed by atoms with E-state index in [1.54, 1.807) is 11.3 Å². The Morgan fingerprint density at radius 1 is 1.16 bits per heavy atom. The zero-order valence-corrected chi connectivity index (χ0v) is 19.3. The molecule has 0 spiro atoms. The van der Waals surface area contributed by atoms with E-state index in [0.29, 0.717) is 12.5 Å². The van der Waals surface area contributed by atoms with Gasteiger partial charge in [-0.3, -0.25) is 4.79 Å². The fourth-order valence-electron chi connectivity index (χ4n) is 3.73. The fraction of sp³-hybridized carbons (Fsp3) is 0.400. The van der Waals surface area contributed by atoms with Crippen LogP contribution in [0.2, 0.25) is 0 Å². The van der Waals surface area contributed by atoms with Gasteiger partial charge in [-0.2, -0.15) is 0 Å². The molecule has 6 heteroatoms. The van der Waals surface area contributed by atoms with Crippen LogP contribution in [0.3, 0.4) is 0 Å². The Balaban J connectivity index is 1.56. The van der Waals surface area contributed by atoms with Crippen LogP contribution in [0.4, 0.5) is 5.69 Å². The predicted molar refractivity (Wildman–Crippen MR) is 132 cm³/mol. The number of amides is 1. The SMILES string of the molecule is CC(C)(C)c1cccc(NC2=NCc3cc(C(=O)N4CCCC4)sc3/C=C\CC=N2)c1. The zero-order valence-electron chi connectivity index (χ0n) is 18.5. The third kappa shape index (κ3) is 5.31. The van der Waals surface area contributed by atoms with E-state index in [1.165, 1.54) is 5.56 Å². The second-order valence-electron chi connectivity index (χ2n) is 9.04. The van der Waals surface area contributed by atoms with Crippen LogP contribution in [0, 0.1) is 0 Å². The average molecular weight is 435 g/mol. The first-order valence-corrected chi connectivity index (χ1v) is 11.7. The lowest BCUT2D eigenvalue weighted by molar-refractivity contribution is 0.0797. The van der Waals surface area contributed by atoms with Crippen molar-refractivity contribution in [3.05, 3.63) is 57.3 Å². The Hall–Kier alpha value is -2.73. The highest BCUT2D eigenvalue weighted by Gasteiger charge is 2.22. The minimum absolute atomic E-state index is 0.0771. The molecule has 1 N–H and O–H groups in total. The molecular formula is C25H30N4OS. The van der Waals surface area contributed by atoms with E-state index in [1.807, 2.05) is 23.2 Å². The van der Waals surface area contributed by atoms with Crippen LogP contribution in [-0.2, 0) is 12.0 Å². The number of likely N-dealkylation sites (tertiary alicyclic amines) is 1. The van der Waals surface area contributed by atoms with Crippen molar-refractivity contribution < 1.29 is 4.79 Å². The molecule has 1 fully saturated rings. The van der Waals surface area contributed by atoms with E-state index in [-0.39, 0.29) is 11.3 Å². The number of carbonyl (C=O) groups is 1. The normalized spacial score (nSPS) is 17.8. The molecule has 2 aromatic rings. The van der Waals surface area contributed by atoms with E-state index < -0.39 is 0 Å². The van der Waals surface area contributed by atoms with Gasteiger partial charge in [0.25, 0.3) is 5.91 Å². The van der Waals surface area contributed by atoms with Crippen molar-refractivity contribution in [2.75, 3.05) is 18.4 Å². The van der Waals surface area contributed by atoms with Crippen molar-refractivity contribution in [3.63, 3.8) is 0 Å². The van der Waals surface area contributed by atoms with Crippen LogP contribution in [-0.4, -0.2) is 36.1 Å². The van der Waals surface area contributed by atoms with Gasteiger partial charge in [0.2, 0.25) is 5.96 Å². The van der Waals surface area contributed by atoms with Crippen molar-refractivity contribution in [3.8, 4) is 0 Å². The maximum Gasteiger partial charge on any atom is 0.263 e. The number of nitrogens with one attached hydrogen (secondary N) is 1. The lowest BCUT2D eigenvalue weighted by Crippen LogP contribution is -2.26. The molecule has 1 aromatic carbocycles. The van der Waals surface area contributed by atoms with Crippen molar-refractivity contribution >= 4 is 41.2 Å². The third-order valence-electron chi connectivity index (χ3n) is 5.55. The van der Waals surface area contributed by atoms with Gasteiger partial charge in [-0.15, -0.1) is 11.3 Å². The van der Waals surface area contributed by atoms with Crippen LogP contribution in [0.1, 0.15) is 65.7 Å². The fourth-order valence-corrected chi connectivity index (χ4v) is 4.80. The molecule has 5 nitrogen and oxygen atoms in total. The Morgan fingerprint density at radius 2 is 1.97 bits per heavy atom. The summed E-state index contributed by atoms with van der Waals surface area (Å²) in [7, 11) is 0. The number of guanidine groups is 1. The summed E-state index contributed by atoms with van der Waals surface area (Å²) in [5, 5.41) is 3.37. The Bertz CT molecular complexity index is 1040. The number of nitrogens with zero attached hydrogens (tertiary/aromatic N) is 3. The maximum absolute atomic E-state index is 12.8. The third-order valence-corrected chi connectivity index (χ3v) is 6.68. The molecule has 0 bridgehead atoms. The van der Waals surface area contributed by atoms with E-state index in [0.717, 1.165) is 53.4 Å². The Kier molecular flexibility index (Phi) is 6.37. The van der Waals surface area contributed by atoms with Gasteiger partial charge in [0.15, 0.2) is 0 Å². The summed E-state index contributed by atoms with van der Waals surface area (Å²) in [5.41, 5.74) is 3.39. The molecule has 1 amide bonds. The van der Waals surface area contributed by atoms with Crippen LogP contribution < -0.4 is 5.32 Å². The van der Waals surface area contributed by atoms with Gasteiger partial charge in [0, 0.05) is 36.3 Å². The minimum Gasteiger partial charge on any atom is -0.338 e. The van der Waals surface area contributed by atoms with Crippen LogP contribution in [0.5, 0.6) is 0 Å². The van der Waals surface area contributed by atoms with Gasteiger partial charge in [-0.05, 0) is 53.7 Å². The topological polar surface area (TPSA) is 57.1 Å². The number of benzene rings is 1. The molecule has 4 rings (SSSR count). The van der Waals surface area contributed by atoms with E-state index in [2.05, 4.69) is 61.4 Å². The predicted octanol–water partition coefficient (Wildman–Crippen LogP) is 5.74. The van der Waals surface area contributed by atoms with Crippen LogP contribution >= 0.6 is 11.3 Å². The van der Waals surface area contributed by atoms with Crippen molar-refractivity contribution in [1.82, 2.24) is 4.90 Å². The highest BCUT2D eigenvalue weighted by molar-refractivity contribution is 7.15. The van der Waals surface area contributed by atoms with Crippen molar-refractivity contribution in [1.29, 1.82) is 0 Å². The Labute approximate surface area is 188 Å². The maximum atomic E-state index is 12.8. The number of rotatable bonds is 2. The molecule has 0 unspecified atom stereocenters. The lowest BCUT2D eigenvalue weighted by atomic mass is 9.87. The molecule has 0 radical (unpaired) electrons. The molecule has 0 aliphatic carbocycles. The van der Waals surface area contributed by atoms with Gasteiger partial charge in [-0.25, -0.2) is 9.98 Å². The van der Waals surface area contributed by atoms with E-state index in [9.17, 15) is 4.79 Å². The largest absolute Gasteiger partial charge is 0.338 e. The highest BCUT2D eigenvalue weighted by atomic mass is 32.1. The summed E-state index contributed by atoms with van der Waals surface area (Å²) < 4.78 is 0. The monoisotopic (exact) mass is 434 g/mol. The lowest BCUT2D eigenvalue weighted by Gasteiger charge is -2.20. The number of allylic oxidation sites excluding steroid dienone is 1. The molecule has 1 aromatic heterocycles. The number of carbonyl (C=O) groups excluding carboxylic acids is 1. The molecule has 2 aliphatic heterocycles. The number of thiophene rings is 1. The highest BCUT2D eigenvalue weighted by Crippen LogP contribution is 2.28. The summed E-state index contributed by atoms with van der Waals surface area (Å²) in [5.74, 6) is 0.738. The number of fused-ring (bicyclic) bond motifs is 1. The standard InChI is InChI=1S/C25H30N4OS/c1-25(2,3)19-9-8-10-20(16-19)28-24-26-12-5-4-11-21-18(17-27-24)15-22(31-21)23(30)29-13-6-7-14-29/h4,8-12,15-16H,5-7,13-14,17H2,1-3H3,(H,27,28)/b11-4-,26-12?. The average Bonchev–Trinajstić information content (AvgIpc) is 3.41. The zero-order chi connectivity index (χ0) is 21.8. The van der Waals surface area contributed by atoms with Crippen molar-refractivity contribution in [2.45, 2.75) is 52.0 Å². The first-order chi connectivity index (χ1) is 14.9. The number of hydrogen-bond acceptors (Lipinski definition) is 5. The summed E-state index contributed by atoms with van der Waals surface area (Å²) in [6.45, 7) is 8.84. The van der Waals surface area contributed by atoms with Gasteiger partial charge < -0.3 is 10.2 Å². The number of anilines is 1. The molecule has 1 saturated heterocycles. The second kappa shape index (κ2) is 9.18. The van der Waals surface area contributed by atoms with Gasteiger partial charge in [-0.1, -0.05) is 39.0 Å². The van der Waals surface area contributed by atoms with Crippen LogP contribution in [0.25, 0.3) is 6.08 Å². The molecule has 0 saturated carbocycles.